The first-order chi connectivity index (χ1) is 14.6. The lowest BCUT2D eigenvalue weighted by Crippen LogP contribution is -2.56. The van der Waals surface area contributed by atoms with Gasteiger partial charge in [-0.3, -0.25) is 9.59 Å². The van der Waals surface area contributed by atoms with Crippen LogP contribution in [0.4, 0.5) is 11.5 Å². The Morgan fingerprint density at radius 3 is 2.83 bits per heavy atom. The van der Waals surface area contributed by atoms with E-state index in [1.165, 1.54) is 9.80 Å². The number of nitrogens with one attached hydrogen (secondary N) is 1. The van der Waals surface area contributed by atoms with Crippen LogP contribution in [0.2, 0.25) is 0 Å². The maximum atomic E-state index is 13.3. The number of nitrogens with zero attached hydrogens (tertiary/aromatic N) is 3. The molecule has 2 aliphatic rings. The SMILES string of the molecule is O=C(CN1CCOCCOc2ccccc2Nc2ncccc2C1=O)N1CC(O)C1. The summed E-state index contributed by atoms with van der Waals surface area (Å²) in [6.45, 7) is 1.74. The van der Waals surface area contributed by atoms with E-state index in [1.807, 2.05) is 24.3 Å². The average Bonchev–Trinajstić information content (AvgIpc) is 2.74. The maximum absolute atomic E-state index is 13.3. The molecule has 3 heterocycles. The van der Waals surface area contributed by atoms with Crippen LogP contribution in [0.15, 0.2) is 42.6 Å². The molecule has 0 aliphatic carbocycles. The molecule has 9 nitrogen and oxygen atoms in total. The highest BCUT2D eigenvalue weighted by molar-refractivity contribution is 6.01. The van der Waals surface area contributed by atoms with Gasteiger partial charge in [0.15, 0.2) is 0 Å². The first kappa shape index (κ1) is 20.1. The summed E-state index contributed by atoms with van der Waals surface area (Å²) in [6.07, 6.45) is 1.11. The van der Waals surface area contributed by atoms with E-state index >= 15 is 0 Å². The Labute approximate surface area is 174 Å². The third kappa shape index (κ3) is 4.52. The molecular weight excluding hydrogens is 388 g/mol. The summed E-state index contributed by atoms with van der Waals surface area (Å²) < 4.78 is 11.4. The molecule has 1 aromatic carbocycles. The van der Waals surface area contributed by atoms with Crippen LogP contribution in [0.5, 0.6) is 5.75 Å². The summed E-state index contributed by atoms with van der Waals surface area (Å²) in [5.74, 6) is 0.495. The second-order valence-electron chi connectivity index (χ2n) is 7.16. The number of rotatable bonds is 2. The summed E-state index contributed by atoms with van der Waals surface area (Å²) in [5, 5.41) is 12.6. The molecule has 1 aromatic heterocycles. The average molecular weight is 412 g/mol. The molecule has 0 radical (unpaired) electrons. The monoisotopic (exact) mass is 412 g/mol. The zero-order valence-electron chi connectivity index (χ0n) is 16.5. The van der Waals surface area contributed by atoms with E-state index in [9.17, 15) is 14.7 Å². The summed E-state index contributed by atoms with van der Waals surface area (Å²) >= 11 is 0. The third-order valence-electron chi connectivity index (χ3n) is 5.00. The van der Waals surface area contributed by atoms with E-state index in [0.29, 0.717) is 49.1 Å². The molecular formula is C21H24N4O5. The van der Waals surface area contributed by atoms with Crippen LogP contribution >= 0.6 is 0 Å². The van der Waals surface area contributed by atoms with E-state index in [0.717, 1.165) is 0 Å². The van der Waals surface area contributed by atoms with Gasteiger partial charge in [0.05, 0.1) is 30.6 Å². The highest BCUT2D eigenvalue weighted by Crippen LogP contribution is 2.28. The molecule has 2 N–H and O–H groups in total. The normalized spacial score (nSPS) is 17.8. The van der Waals surface area contributed by atoms with Crippen LogP contribution in [-0.4, -0.2) is 83.8 Å². The summed E-state index contributed by atoms with van der Waals surface area (Å²) in [6, 6.07) is 10.8. The minimum Gasteiger partial charge on any atom is -0.489 e. The number of anilines is 2. The lowest BCUT2D eigenvalue weighted by atomic mass is 10.1. The fourth-order valence-corrected chi connectivity index (χ4v) is 3.33. The van der Waals surface area contributed by atoms with Crippen molar-refractivity contribution >= 4 is 23.3 Å². The standard InChI is InChI=1S/C21H24N4O5/c26-15-12-25(13-15)19(27)14-24-8-9-29-10-11-30-18-6-2-1-5-17(18)23-20-16(21(24)28)4-3-7-22-20/h1-7,15,26H,8-14H2,(H,22,23). The number of aromatic nitrogens is 1. The number of carbonyl (C=O) groups is 2. The van der Waals surface area contributed by atoms with Crippen molar-refractivity contribution in [2.24, 2.45) is 0 Å². The number of ether oxygens (including phenoxy) is 2. The van der Waals surface area contributed by atoms with Crippen LogP contribution in [0.25, 0.3) is 0 Å². The third-order valence-corrected chi connectivity index (χ3v) is 5.00. The number of β-amino-alcohol motifs (C(OH)–C–C–N with tert-alkyl or cyclic N) is 1. The molecule has 2 amide bonds. The molecule has 0 spiro atoms. The van der Waals surface area contributed by atoms with Crippen molar-refractivity contribution in [1.29, 1.82) is 0 Å². The molecule has 0 unspecified atom stereocenters. The van der Waals surface area contributed by atoms with Crippen molar-refractivity contribution in [2.45, 2.75) is 6.10 Å². The molecule has 30 heavy (non-hydrogen) atoms. The molecule has 9 heteroatoms. The minimum atomic E-state index is -0.489. The van der Waals surface area contributed by atoms with Gasteiger partial charge in [0, 0.05) is 25.8 Å². The highest BCUT2D eigenvalue weighted by Gasteiger charge is 2.31. The molecule has 1 fully saturated rings. The van der Waals surface area contributed by atoms with Crippen molar-refractivity contribution < 1.29 is 24.2 Å². The second kappa shape index (κ2) is 9.10. The van der Waals surface area contributed by atoms with Crippen LogP contribution in [0, 0.1) is 0 Å². The first-order valence-corrected chi connectivity index (χ1v) is 9.88. The quantitative estimate of drug-likeness (QED) is 0.755. The minimum absolute atomic E-state index is 0.0870. The fraction of sp³-hybridized carbons (Fsp3) is 0.381. The lowest BCUT2D eigenvalue weighted by molar-refractivity contribution is -0.142. The zero-order chi connectivity index (χ0) is 20.9. The molecule has 0 saturated carbocycles. The number of fused-ring (bicyclic) bond motifs is 2. The number of likely N-dealkylation sites (tertiary alicyclic amines) is 1. The van der Waals surface area contributed by atoms with Gasteiger partial charge < -0.3 is 29.7 Å². The number of benzene rings is 1. The van der Waals surface area contributed by atoms with E-state index in [4.69, 9.17) is 9.47 Å². The van der Waals surface area contributed by atoms with Crippen molar-refractivity contribution in [2.75, 3.05) is 51.3 Å². The van der Waals surface area contributed by atoms with Gasteiger partial charge in [0.25, 0.3) is 5.91 Å². The Kier molecular flexibility index (Phi) is 6.10. The highest BCUT2D eigenvalue weighted by atomic mass is 16.5. The van der Waals surface area contributed by atoms with Gasteiger partial charge in [0.1, 0.15) is 24.7 Å². The summed E-state index contributed by atoms with van der Waals surface area (Å²) in [5.41, 5.74) is 1.03. The predicted molar refractivity (Wildman–Crippen MR) is 109 cm³/mol. The molecule has 0 atom stereocenters. The molecule has 1 saturated heterocycles. The number of aliphatic hydroxyl groups is 1. The second-order valence-corrected chi connectivity index (χ2v) is 7.16. The Bertz CT molecular complexity index is 916. The number of para-hydroxylation sites is 2. The van der Waals surface area contributed by atoms with E-state index in [2.05, 4.69) is 10.3 Å². The Hall–Kier alpha value is -3.17. The number of hydrogen-bond donors (Lipinski definition) is 2. The Balaban J connectivity index is 1.61. The van der Waals surface area contributed by atoms with Gasteiger partial charge in [-0.1, -0.05) is 12.1 Å². The smallest absolute Gasteiger partial charge is 0.258 e. The van der Waals surface area contributed by atoms with Gasteiger partial charge in [-0.2, -0.15) is 0 Å². The maximum Gasteiger partial charge on any atom is 0.258 e. The zero-order valence-corrected chi connectivity index (χ0v) is 16.5. The number of hydrogen-bond acceptors (Lipinski definition) is 7. The fourth-order valence-electron chi connectivity index (χ4n) is 3.33. The molecule has 2 aliphatic heterocycles. The van der Waals surface area contributed by atoms with E-state index < -0.39 is 6.10 Å². The topological polar surface area (TPSA) is 104 Å². The summed E-state index contributed by atoms with van der Waals surface area (Å²) in [7, 11) is 0. The van der Waals surface area contributed by atoms with Crippen molar-refractivity contribution in [3.8, 4) is 5.75 Å². The van der Waals surface area contributed by atoms with Crippen LogP contribution in [0.1, 0.15) is 10.4 Å². The van der Waals surface area contributed by atoms with Crippen LogP contribution < -0.4 is 10.1 Å². The van der Waals surface area contributed by atoms with Crippen molar-refractivity contribution in [1.82, 2.24) is 14.8 Å². The molecule has 4 rings (SSSR count). The van der Waals surface area contributed by atoms with Crippen LogP contribution in [-0.2, 0) is 9.53 Å². The van der Waals surface area contributed by atoms with Crippen molar-refractivity contribution in [3.05, 3.63) is 48.2 Å². The van der Waals surface area contributed by atoms with Gasteiger partial charge in [0.2, 0.25) is 5.91 Å². The predicted octanol–water partition coefficient (Wildman–Crippen LogP) is 0.879. The largest absolute Gasteiger partial charge is 0.489 e. The number of aliphatic hydroxyl groups excluding tert-OH is 1. The number of pyridine rings is 1. The van der Waals surface area contributed by atoms with Crippen molar-refractivity contribution in [3.63, 3.8) is 0 Å². The lowest BCUT2D eigenvalue weighted by Gasteiger charge is -2.37. The van der Waals surface area contributed by atoms with E-state index in [1.54, 1.807) is 18.3 Å². The Morgan fingerprint density at radius 2 is 2.00 bits per heavy atom. The summed E-state index contributed by atoms with van der Waals surface area (Å²) in [4.78, 5) is 33.2. The Morgan fingerprint density at radius 1 is 1.17 bits per heavy atom. The van der Waals surface area contributed by atoms with E-state index in [-0.39, 0.29) is 31.5 Å². The van der Waals surface area contributed by atoms with Gasteiger partial charge >= 0.3 is 0 Å². The molecule has 158 valence electrons. The van der Waals surface area contributed by atoms with Gasteiger partial charge in [-0.15, -0.1) is 0 Å². The number of amides is 2. The number of carbonyl (C=O) groups excluding carboxylic acids is 2. The first-order valence-electron chi connectivity index (χ1n) is 9.88. The van der Waals surface area contributed by atoms with Gasteiger partial charge in [-0.25, -0.2) is 4.98 Å². The molecule has 0 bridgehead atoms. The van der Waals surface area contributed by atoms with Crippen LogP contribution in [0.3, 0.4) is 0 Å². The molecule has 2 aromatic rings. The van der Waals surface area contributed by atoms with Gasteiger partial charge in [-0.05, 0) is 24.3 Å².